The third-order valence-electron chi connectivity index (χ3n) is 5.32. The number of hydrogen-bond donors (Lipinski definition) is 0. The normalized spacial score (nSPS) is 15.5. The molecule has 0 aliphatic carbocycles. The highest BCUT2D eigenvalue weighted by molar-refractivity contribution is 6.31. The summed E-state index contributed by atoms with van der Waals surface area (Å²) in [7, 11) is 1.62. The van der Waals surface area contributed by atoms with E-state index < -0.39 is 6.04 Å². The molecular formula is C24H24ClNO5. The van der Waals surface area contributed by atoms with Crippen molar-refractivity contribution >= 4 is 28.5 Å². The van der Waals surface area contributed by atoms with Gasteiger partial charge in [-0.25, -0.2) is 0 Å². The lowest BCUT2D eigenvalue weighted by atomic mass is 9.98. The minimum atomic E-state index is -0.566. The van der Waals surface area contributed by atoms with E-state index in [-0.39, 0.29) is 17.1 Å². The average Bonchev–Trinajstić information content (AvgIpc) is 3.05. The number of rotatable bonds is 8. The van der Waals surface area contributed by atoms with Crippen molar-refractivity contribution in [3.05, 3.63) is 74.6 Å². The Balaban J connectivity index is 1.87. The second-order valence-electron chi connectivity index (χ2n) is 7.48. The van der Waals surface area contributed by atoms with Crippen LogP contribution in [0.25, 0.3) is 11.0 Å². The first kappa shape index (κ1) is 21.4. The maximum atomic E-state index is 13.5. The molecule has 1 amide bonds. The molecule has 0 bridgehead atoms. The van der Waals surface area contributed by atoms with Gasteiger partial charge in [-0.1, -0.05) is 30.7 Å². The fourth-order valence-corrected chi connectivity index (χ4v) is 4.12. The van der Waals surface area contributed by atoms with Gasteiger partial charge in [0.15, 0.2) is 5.43 Å². The van der Waals surface area contributed by atoms with Gasteiger partial charge in [-0.3, -0.25) is 9.59 Å². The molecule has 1 aliphatic rings. The van der Waals surface area contributed by atoms with Crippen LogP contribution in [0.2, 0.25) is 5.02 Å². The molecule has 0 N–H and O–H groups in total. The van der Waals surface area contributed by atoms with Crippen LogP contribution in [0.4, 0.5) is 0 Å². The summed E-state index contributed by atoms with van der Waals surface area (Å²) in [6.45, 7) is 3.56. The smallest absolute Gasteiger partial charge is 0.290 e. The number of amides is 1. The van der Waals surface area contributed by atoms with E-state index in [4.69, 9.17) is 25.5 Å². The van der Waals surface area contributed by atoms with Gasteiger partial charge in [-0.2, -0.15) is 0 Å². The van der Waals surface area contributed by atoms with Crippen LogP contribution in [0.3, 0.4) is 0 Å². The molecule has 3 aromatic rings. The molecule has 1 atom stereocenters. The Morgan fingerprint density at radius 3 is 2.74 bits per heavy atom. The molecule has 1 aromatic heterocycles. The summed E-state index contributed by atoms with van der Waals surface area (Å²) < 4.78 is 16.9. The van der Waals surface area contributed by atoms with Gasteiger partial charge >= 0.3 is 0 Å². The van der Waals surface area contributed by atoms with E-state index in [1.165, 1.54) is 0 Å². The van der Waals surface area contributed by atoms with Gasteiger partial charge in [-0.15, -0.1) is 0 Å². The second kappa shape index (κ2) is 9.12. The van der Waals surface area contributed by atoms with Gasteiger partial charge in [0.05, 0.1) is 23.6 Å². The number of hydrogen-bond acceptors (Lipinski definition) is 5. The molecule has 2 aromatic carbocycles. The van der Waals surface area contributed by atoms with Crippen molar-refractivity contribution in [1.82, 2.24) is 4.90 Å². The Bertz CT molecular complexity index is 1170. The van der Waals surface area contributed by atoms with Crippen LogP contribution in [0.15, 0.2) is 51.7 Å². The minimum Gasteiger partial charge on any atom is -0.494 e. The van der Waals surface area contributed by atoms with Crippen LogP contribution >= 0.6 is 11.6 Å². The number of ether oxygens (including phenoxy) is 2. The van der Waals surface area contributed by atoms with Crippen LogP contribution in [-0.4, -0.2) is 37.7 Å². The number of nitrogens with zero attached hydrogens (tertiary/aromatic N) is 1. The Kier molecular flexibility index (Phi) is 6.30. The third kappa shape index (κ3) is 4.05. The van der Waals surface area contributed by atoms with Crippen molar-refractivity contribution < 1.29 is 18.7 Å². The predicted molar refractivity (Wildman–Crippen MR) is 119 cm³/mol. The lowest BCUT2D eigenvalue weighted by Gasteiger charge is -2.25. The summed E-state index contributed by atoms with van der Waals surface area (Å²) in [5.74, 6) is 0.484. The van der Waals surface area contributed by atoms with E-state index in [0.29, 0.717) is 53.5 Å². The molecule has 0 fully saturated rings. The van der Waals surface area contributed by atoms with E-state index in [1.54, 1.807) is 30.2 Å². The van der Waals surface area contributed by atoms with Gasteiger partial charge in [0.1, 0.15) is 11.3 Å². The lowest BCUT2D eigenvalue weighted by molar-refractivity contribution is 0.0707. The predicted octanol–water partition coefficient (Wildman–Crippen LogP) is 4.82. The Hall–Kier alpha value is -2.83. The summed E-state index contributed by atoms with van der Waals surface area (Å²) in [6.07, 6.45) is 1.52. The van der Waals surface area contributed by atoms with Crippen LogP contribution < -0.4 is 10.2 Å². The van der Waals surface area contributed by atoms with Crippen LogP contribution in [0.1, 0.15) is 47.5 Å². The molecular weight excluding hydrogens is 418 g/mol. The third-order valence-corrected chi connectivity index (χ3v) is 5.56. The van der Waals surface area contributed by atoms with Crippen molar-refractivity contribution in [2.45, 2.75) is 25.8 Å². The number of halogens is 1. The van der Waals surface area contributed by atoms with Crippen molar-refractivity contribution in [2.24, 2.45) is 0 Å². The Morgan fingerprint density at radius 1 is 1.13 bits per heavy atom. The molecule has 162 valence electrons. The number of carbonyl (C=O) groups is 1. The fraction of sp³-hybridized carbons (Fsp3) is 0.333. The highest BCUT2D eigenvalue weighted by atomic mass is 35.5. The topological polar surface area (TPSA) is 69.0 Å². The quantitative estimate of drug-likeness (QED) is 0.469. The summed E-state index contributed by atoms with van der Waals surface area (Å²) >= 11 is 6.12. The molecule has 0 radical (unpaired) electrons. The first-order valence-corrected chi connectivity index (χ1v) is 10.7. The SMILES string of the molecule is CCCOc1cccc(C2c3c(oc4ccc(Cl)cc4c3=O)C(=O)N2CCCOC)c1. The Morgan fingerprint density at radius 2 is 1.97 bits per heavy atom. The standard InChI is InChI=1S/C24H24ClNO5/c1-3-11-30-17-7-4-6-15(13-17)21-20-22(27)18-14-16(25)8-9-19(18)31-23(20)24(28)26(21)10-5-12-29-2/h4,6-9,13-14,21H,3,5,10-12H2,1-2H3. The van der Waals surface area contributed by atoms with Crippen LogP contribution in [0, 0.1) is 0 Å². The largest absolute Gasteiger partial charge is 0.494 e. The van der Waals surface area contributed by atoms with E-state index in [2.05, 4.69) is 0 Å². The summed E-state index contributed by atoms with van der Waals surface area (Å²) in [4.78, 5) is 28.4. The zero-order valence-corrected chi connectivity index (χ0v) is 18.3. The van der Waals surface area contributed by atoms with Gasteiger partial charge < -0.3 is 18.8 Å². The number of benzene rings is 2. The van der Waals surface area contributed by atoms with Gasteiger partial charge in [0, 0.05) is 25.3 Å². The molecule has 1 aliphatic heterocycles. The molecule has 0 saturated heterocycles. The first-order valence-electron chi connectivity index (χ1n) is 10.3. The van der Waals surface area contributed by atoms with Crippen molar-refractivity contribution in [2.75, 3.05) is 26.9 Å². The number of methoxy groups -OCH3 is 1. The molecule has 1 unspecified atom stereocenters. The van der Waals surface area contributed by atoms with Gasteiger partial charge in [-0.05, 0) is 48.7 Å². The summed E-state index contributed by atoms with van der Waals surface area (Å²) in [6, 6.07) is 11.8. The molecule has 31 heavy (non-hydrogen) atoms. The minimum absolute atomic E-state index is 0.0853. The summed E-state index contributed by atoms with van der Waals surface area (Å²) in [5.41, 5.74) is 1.24. The van der Waals surface area contributed by atoms with E-state index in [1.807, 2.05) is 31.2 Å². The average molecular weight is 442 g/mol. The number of fused-ring (bicyclic) bond motifs is 2. The maximum Gasteiger partial charge on any atom is 0.290 e. The molecule has 0 spiro atoms. The first-order chi connectivity index (χ1) is 15.0. The van der Waals surface area contributed by atoms with Crippen LogP contribution in [-0.2, 0) is 4.74 Å². The summed E-state index contributed by atoms with van der Waals surface area (Å²) in [5, 5.41) is 0.800. The molecule has 0 saturated carbocycles. The molecule has 7 heteroatoms. The van der Waals surface area contributed by atoms with Gasteiger partial charge in [0.25, 0.3) is 5.91 Å². The van der Waals surface area contributed by atoms with Gasteiger partial charge in [0.2, 0.25) is 5.76 Å². The molecule has 6 nitrogen and oxygen atoms in total. The lowest BCUT2D eigenvalue weighted by Crippen LogP contribution is -2.31. The number of carbonyl (C=O) groups excluding carboxylic acids is 1. The highest BCUT2D eigenvalue weighted by Gasteiger charge is 2.42. The van der Waals surface area contributed by atoms with Crippen molar-refractivity contribution in [3.63, 3.8) is 0 Å². The monoisotopic (exact) mass is 441 g/mol. The van der Waals surface area contributed by atoms with E-state index in [0.717, 1.165) is 12.0 Å². The van der Waals surface area contributed by atoms with Crippen molar-refractivity contribution in [3.8, 4) is 5.75 Å². The zero-order valence-electron chi connectivity index (χ0n) is 17.5. The zero-order chi connectivity index (χ0) is 22.0. The molecule has 4 rings (SSSR count). The Labute approximate surface area is 185 Å². The van der Waals surface area contributed by atoms with E-state index in [9.17, 15) is 9.59 Å². The maximum absolute atomic E-state index is 13.5. The second-order valence-corrected chi connectivity index (χ2v) is 7.92. The highest BCUT2D eigenvalue weighted by Crippen LogP contribution is 2.39. The van der Waals surface area contributed by atoms with E-state index >= 15 is 0 Å². The molecule has 2 heterocycles. The van der Waals surface area contributed by atoms with Crippen molar-refractivity contribution in [1.29, 1.82) is 0 Å². The fourth-order valence-electron chi connectivity index (χ4n) is 3.94. The van der Waals surface area contributed by atoms with Crippen LogP contribution in [0.5, 0.6) is 5.75 Å².